The van der Waals surface area contributed by atoms with Gasteiger partial charge in [-0.1, -0.05) is 6.42 Å². The number of fused-ring (bicyclic) bond motifs is 1. The van der Waals surface area contributed by atoms with E-state index in [2.05, 4.69) is 16.3 Å². The van der Waals surface area contributed by atoms with Gasteiger partial charge < -0.3 is 10.6 Å². The summed E-state index contributed by atoms with van der Waals surface area (Å²) in [5, 5.41) is 2.19. The lowest BCUT2D eigenvalue weighted by molar-refractivity contribution is -0.139. The second-order valence-corrected chi connectivity index (χ2v) is 7.56. The van der Waals surface area contributed by atoms with Crippen molar-refractivity contribution in [2.24, 2.45) is 17.6 Å². The minimum atomic E-state index is 0.0800. The van der Waals surface area contributed by atoms with Crippen molar-refractivity contribution in [1.82, 2.24) is 4.90 Å². The molecule has 2 saturated carbocycles. The van der Waals surface area contributed by atoms with Crippen molar-refractivity contribution < 1.29 is 4.79 Å². The highest BCUT2D eigenvalue weighted by molar-refractivity contribution is 7.10. The van der Waals surface area contributed by atoms with Crippen molar-refractivity contribution in [2.75, 3.05) is 6.54 Å². The first-order valence-corrected chi connectivity index (χ1v) is 8.76. The van der Waals surface area contributed by atoms with Crippen LogP contribution in [0, 0.1) is 11.8 Å². The Balaban J connectivity index is 1.62. The highest BCUT2D eigenvalue weighted by Crippen LogP contribution is 2.49. The lowest BCUT2D eigenvalue weighted by Gasteiger charge is -2.38. The molecular formula is C16H22N2OS. The SMILES string of the molecule is NC1CCCC1C(=O)N1CCc2sccc2C1C1CC1. The van der Waals surface area contributed by atoms with Gasteiger partial charge in [0.1, 0.15) is 0 Å². The number of carbonyl (C=O) groups is 1. The maximum atomic E-state index is 12.9. The second-order valence-electron chi connectivity index (χ2n) is 6.56. The van der Waals surface area contributed by atoms with Crippen LogP contribution in [0.4, 0.5) is 0 Å². The zero-order valence-corrected chi connectivity index (χ0v) is 12.6. The Morgan fingerprint density at radius 3 is 2.85 bits per heavy atom. The van der Waals surface area contributed by atoms with Gasteiger partial charge in [-0.25, -0.2) is 0 Å². The Labute approximate surface area is 124 Å². The number of carbonyl (C=O) groups excluding carboxylic acids is 1. The molecule has 0 spiro atoms. The van der Waals surface area contributed by atoms with Crippen LogP contribution in [0.5, 0.6) is 0 Å². The molecule has 1 aliphatic heterocycles. The number of hydrogen-bond donors (Lipinski definition) is 1. The van der Waals surface area contributed by atoms with Crippen molar-refractivity contribution in [2.45, 2.75) is 50.6 Å². The van der Waals surface area contributed by atoms with Gasteiger partial charge in [-0.05, 0) is 55.0 Å². The lowest BCUT2D eigenvalue weighted by Crippen LogP contribution is -2.46. The van der Waals surface area contributed by atoms with Gasteiger partial charge >= 0.3 is 0 Å². The van der Waals surface area contributed by atoms with Crippen LogP contribution in [0.3, 0.4) is 0 Å². The van der Waals surface area contributed by atoms with Gasteiger partial charge in [-0.3, -0.25) is 4.79 Å². The Morgan fingerprint density at radius 2 is 2.15 bits per heavy atom. The zero-order chi connectivity index (χ0) is 13.7. The molecule has 2 N–H and O–H groups in total. The van der Waals surface area contributed by atoms with Gasteiger partial charge in [0.25, 0.3) is 0 Å². The molecule has 3 nitrogen and oxygen atoms in total. The summed E-state index contributed by atoms with van der Waals surface area (Å²) in [6, 6.07) is 2.69. The van der Waals surface area contributed by atoms with Crippen LogP contribution in [0.15, 0.2) is 11.4 Å². The maximum Gasteiger partial charge on any atom is 0.227 e. The summed E-state index contributed by atoms with van der Waals surface area (Å²) in [5.41, 5.74) is 7.59. The fourth-order valence-corrected chi connectivity index (χ4v) is 4.94. The van der Waals surface area contributed by atoms with Crippen LogP contribution in [-0.4, -0.2) is 23.4 Å². The molecule has 0 saturated heterocycles. The molecule has 2 aliphatic carbocycles. The molecule has 0 bridgehead atoms. The summed E-state index contributed by atoms with van der Waals surface area (Å²) >= 11 is 1.86. The third-order valence-corrected chi connectivity index (χ3v) is 6.25. The Hall–Kier alpha value is -0.870. The van der Waals surface area contributed by atoms with Gasteiger partial charge in [0.15, 0.2) is 0 Å². The van der Waals surface area contributed by atoms with E-state index in [-0.39, 0.29) is 12.0 Å². The van der Waals surface area contributed by atoms with E-state index in [1.807, 2.05) is 11.3 Å². The van der Waals surface area contributed by atoms with Crippen LogP contribution in [0.2, 0.25) is 0 Å². The van der Waals surface area contributed by atoms with Crippen LogP contribution in [0.1, 0.15) is 48.6 Å². The number of nitrogens with two attached hydrogens (primary N) is 1. The van der Waals surface area contributed by atoms with E-state index in [1.165, 1.54) is 23.3 Å². The Bertz CT molecular complexity index is 522. The number of rotatable bonds is 2. The quantitative estimate of drug-likeness (QED) is 0.910. The molecule has 20 heavy (non-hydrogen) atoms. The van der Waals surface area contributed by atoms with E-state index >= 15 is 0 Å². The number of nitrogens with zero attached hydrogens (tertiary/aromatic N) is 1. The molecule has 2 heterocycles. The Kier molecular flexibility index (Phi) is 3.11. The molecule has 3 aliphatic rings. The monoisotopic (exact) mass is 290 g/mol. The van der Waals surface area contributed by atoms with Gasteiger partial charge in [0.2, 0.25) is 5.91 Å². The van der Waals surface area contributed by atoms with Crippen molar-refractivity contribution >= 4 is 17.2 Å². The standard InChI is InChI=1S/C16H22N2OS/c17-13-3-1-2-11(13)16(19)18-8-6-14-12(7-9-20-14)15(18)10-4-5-10/h7,9-11,13,15H,1-6,8,17H2. The summed E-state index contributed by atoms with van der Waals surface area (Å²) in [4.78, 5) is 16.6. The topological polar surface area (TPSA) is 46.3 Å². The van der Waals surface area contributed by atoms with Crippen LogP contribution >= 0.6 is 11.3 Å². The molecule has 3 unspecified atom stereocenters. The van der Waals surface area contributed by atoms with E-state index in [4.69, 9.17) is 5.73 Å². The predicted molar refractivity (Wildman–Crippen MR) is 80.5 cm³/mol. The maximum absolute atomic E-state index is 12.9. The third kappa shape index (κ3) is 2.01. The Morgan fingerprint density at radius 1 is 1.30 bits per heavy atom. The molecule has 4 heteroatoms. The summed E-state index contributed by atoms with van der Waals surface area (Å²) in [6.45, 7) is 0.900. The largest absolute Gasteiger partial charge is 0.335 e. The lowest BCUT2D eigenvalue weighted by atomic mass is 9.93. The fourth-order valence-electron chi connectivity index (χ4n) is 4.02. The molecule has 1 amide bonds. The summed E-state index contributed by atoms with van der Waals surface area (Å²) in [7, 11) is 0. The van der Waals surface area contributed by atoms with Crippen molar-refractivity contribution in [3.63, 3.8) is 0 Å². The number of amides is 1. The second kappa shape index (κ2) is 4.85. The average molecular weight is 290 g/mol. The third-order valence-electron chi connectivity index (χ3n) is 5.25. The van der Waals surface area contributed by atoms with Crippen LogP contribution in [-0.2, 0) is 11.2 Å². The van der Waals surface area contributed by atoms with Crippen molar-refractivity contribution in [3.8, 4) is 0 Å². The first-order valence-electron chi connectivity index (χ1n) is 7.88. The van der Waals surface area contributed by atoms with Crippen LogP contribution in [0.25, 0.3) is 0 Å². The fraction of sp³-hybridized carbons (Fsp3) is 0.688. The van der Waals surface area contributed by atoms with Gasteiger partial charge in [-0.15, -0.1) is 11.3 Å². The van der Waals surface area contributed by atoms with E-state index in [0.29, 0.717) is 17.9 Å². The smallest absolute Gasteiger partial charge is 0.227 e. The highest BCUT2D eigenvalue weighted by atomic mass is 32.1. The van der Waals surface area contributed by atoms with E-state index < -0.39 is 0 Å². The molecule has 0 radical (unpaired) electrons. The van der Waals surface area contributed by atoms with Crippen LogP contribution < -0.4 is 5.73 Å². The van der Waals surface area contributed by atoms with Crippen molar-refractivity contribution in [3.05, 3.63) is 21.9 Å². The van der Waals surface area contributed by atoms with Gasteiger partial charge in [-0.2, -0.15) is 0 Å². The first-order chi connectivity index (χ1) is 9.75. The van der Waals surface area contributed by atoms with Gasteiger partial charge in [0, 0.05) is 17.5 Å². The zero-order valence-electron chi connectivity index (χ0n) is 11.8. The van der Waals surface area contributed by atoms with Crippen molar-refractivity contribution in [1.29, 1.82) is 0 Å². The molecule has 1 aromatic heterocycles. The first kappa shape index (κ1) is 12.8. The van der Waals surface area contributed by atoms with E-state index in [1.54, 1.807) is 0 Å². The molecule has 3 atom stereocenters. The molecule has 4 rings (SSSR count). The minimum Gasteiger partial charge on any atom is -0.335 e. The normalized spacial score (nSPS) is 33.2. The van der Waals surface area contributed by atoms with Gasteiger partial charge in [0.05, 0.1) is 12.0 Å². The molecule has 108 valence electrons. The highest BCUT2D eigenvalue weighted by Gasteiger charge is 2.44. The summed E-state index contributed by atoms with van der Waals surface area (Å²) < 4.78 is 0. The minimum absolute atomic E-state index is 0.0800. The number of hydrogen-bond acceptors (Lipinski definition) is 3. The number of thiophene rings is 1. The summed E-state index contributed by atoms with van der Waals surface area (Å²) in [5.74, 6) is 1.12. The predicted octanol–water partition coefficient (Wildman–Crippen LogP) is 2.71. The molecule has 0 aromatic carbocycles. The molecular weight excluding hydrogens is 268 g/mol. The molecule has 1 aromatic rings. The average Bonchev–Trinajstić information content (AvgIpc) is 3.01. The van der Waals surface area contributed by atoms with E-state index in [9.17, 15) is 4.79 Å². The molecule has 2 fully saturated rings. The van der Waals surface area contributed by atoms with E-state index in [0.717, 1.165) is 32.2 Å². The summed E-state index contributed by atoms with van der Waals surface area (Å²) in [6.07, 6.45) is 6.71.